The van der Waals surface area contributed by atoms with Gasteiger partial charge in [-0.15, -0.1) is 0 Å². The van der Waals surface area contributed by atoms with Crippen LogP contribution in [0, 0.1) is 6.92 Å². The number of nitrogen functional groups attached to an aromatic ring is 1. The van der Waals surface area contributed by atoms with Gasteiger partial charge in [-0.1, -0.05) is 29.0 Å². The maximum Gasteiger partial charge on any atom is 0.273 e. The van der Waals surface area contributed by atoms with Crippen LogP contribution in [0.15, 0.2) is 28.5 Å². The molecule has 0 aliphatic carbocycles. The zero-order valence-corrected chi connectivity index (χ0v) is 11.7. The summed E-state index contributed by atoms with van der Waals surface area (Å²) < 4.78 is 26.8. The van der Waals surface area contributed by atoms with Crippen molar-refractivity contribution in [3.63, 3.8) is 0 Å². The number of thiazole rings is 1. The maximum absolute atomic E-state index is 12.1. The molecule has 3 N–H and O–H groups in total. The zero-order chi connectivity index (χ0) is 13.3. The average Bonchev–Trinajstić information content (AvgIpc) is 2.58. The number of nitrogens with zero attached hydrogens (tertiary/aromatic N) is 1. The lowest BCUT2D eigenvalue weighted by Gasteiger charge is -2.06. The van der Waals surface area contributed by atoms with E-state index in [0.717, 1.165) is 11.3 Å². The minimum atomic E-state index is -3.67. The van der Waals surface area contributed by atoms with E-state index in [1.54, 1.807) is 25.1 Å². The highest BCUT2D eigenvalue weighted by molar-refractivity contribution is 7.94. The van der Waals surface area contributed by atoms with Gasteiger partial charge in [-0.2, -0.15) is 0 Å². The van der Waals surface area contributed by atoms with Gasteiger partial charge in [0.2, 0.25) is 0 Å². The summed E-state index contributed by atoms with van der Waals surface area (Å²) >= 11 is 6.72. The van der Waals surface area contributed by atoms with Gasteiger partial charge in [-0.25, -0.2) is 13.4 Å². The lowest BCUT2D eigenvalue weighted by Crippen LogP contribution is -2.12. The van der Waals surface area contributed by atoms with Crippen molar-refractivity contribution in [1.82, 2.24) is 4.98 Å². The summed E-state index contributed by atoms with van der Waals surface area (Å²) in [6, 6.07) is 6.46. The number of aryl methyl sites for hydroxylation is 1. The summed E-state index contributed by atoms with van der Waals surface area (Å²) in [6.07, 6.45) is 0. The number of hydrogen-bond acceptors (Lipinski definition) is 5. The number of hydrogen-bond donors (Lipinski definition) is 2. The number of anilines is 2. The summed E-state index contributed by atoms with van der Waals surface area (Å²) in [4.78, 5) is 3.89. The Bertz CT molecular complexity index is 682. The van der Waals surface area contributed by atoms with Gasteiger partial charge in [0.25, 0.3) is 10.0 Å². The third-order valence-corrected chi connectivity index (χ3v) is 5.30. The molecule has 8 heteroatoms. The molecule has 96 valence electrons. The first-order valence-corrected chi connectivity index (χ1v) is 7.57. The fourth-order valence-corrected chi connectivity index (χ4v) is 3.95. The topological polar surface area (TPSA) is 85.1 Å². The van der Waals surface area contributed by atoms with Crippen molar-refractivity contribution in [2.75, 3.05) is 10.5 Å². The van der Waals surface area contributed by atoms with Gasteiger partial charge in [-0.3, -0.25) is 4.72 Å². The highest BCUT2D eigenvalue weighted by Crippen LogP contribution is 2.27. The summed E-state index contributed by atoms with van der Waals surface area (Å²) in [5, 5.41) is 0.676. The highest BCUT2D eigenvalue weighted by Gasteiger charge is 2.21. The smallest absolute Gasteiger partial charge is 0.273 e. The van der Waals surface area contributed by atoms with Gasteiger partial charge in [-0.05, 0) is 25.1 Å². The Morgan fingerprint density at radius 1 is 1.44 bits per heavy atom. The molecule has 0 bridgehead atoms. The van der Waals surface area contributed by atoms with E-state index in [2.05, 4.69) is 9.71 Å². The van der Waals surface area contributed by atoms with Crippen LogP contribution in [0.5, 0.6) is 0 Å². The number of nitrogens with one attached hydrogen (secondary N) is 1. The van der Waals surface area contributed by atoms with Crippen LogP contribution in [-0.4, -0.2) is 13.4 Å². The van der Waals surface area contributed by atoms with E-state index in [1.165, 1.54) is 6.07 Å². The molecule has 2 aromatic rings. The predicted octanol–water partition coefficient (Wildman–Crippen LogP) is 2.49. The van der Waals surface area contributed by atoms with E-state index in [4.69, 9.17) is 17.3 Å². The normalized spacial score (nSPS) is 11.4. The molecule has 2 rings (SSSR count). The van der Waals surface area contributed by atoms with Crippen LogP contribution in [0.1, 0.15) is 5.69 Å². The Labute approximate surface area is 114 Å². The highest BCUT2D eigenvalue weighted by atomic mass is 35.5. The standard InChI is InChI=1S/C10H10ClN3O2S2/c1-6-9(17-10(12)13-6)18(15,16)14-8-4-2-3-7(11)5-8/h2-5,14H,1H3,(H2,12,13). The molecule has 0 radical (unpaired) electrons. The molecule has 0 unspecified atom stereocenters. The van der Waals surface area contributed by atoms with Crippen LogP contribution in [0.3, 0.4) is 0 Å². The summed E-state index contributed by atoms with van der Waals surface area (Å²) in [6.45, 7) is 1.60. The van der Waals surface area contributed by atoms with Crippen molar-refractivity contribution in [3.05, 3.63) is 35.0 Å². The average molecular weight is 304 g/mol. The molecule has 0 amide bonds. The molecule has 0 atom stereocenters. The van der Waals surface area contributed by atoms with E-state index in [-0.39, 0.29) is 9.34 Å². The fourth-order valence-electron chi connectivity index (χ4n) is 1.41. The Balaban J connectivity index is 2.36. The minimum Gasteiger partial charge on any atom is -0.375 e. The van der Waals surface area contributed by atoms with Crippen LogP contribution in [0.25, 0.3) is 0 Å². The van der Waals surface area contributed by atoms with Crippen LogP contribution in [0.4, 0.5) is 10.8 Å². The van der Waals surface area contributed by atoms with Crippen molar-refractivity contribution in [2.45, 2.75) is 11.1 Å². The molecule has 0 fully saturated rings. The zero-order valence-electron chi connectivity index (χ0n) is 9.34. The van der Waals surface area contributed by atoms with Gasteiger partial charge < -0.3 is 5.73 Å². The number of aromatic nitrogens is 1. The van der Waals surface area contributed by atoms with Crippen LogP contribution in [-0.2, 0) is 10.0 Å². The predicted molar refractivity (Wildman–Crippen MR) is 73.5 cm³/mol. The molecule has 1 aromatic carbocycles. The molecule has 5 nitrogen and oxygen atoms in total. The fraction of sp³-hybridized carbons (Fsp3) is 0.100. The SMILES string of the molecule is Cc1nc(N)sc1S(=O)(=O)Nc1cccc(Cl)c1. The van der Waals surface area contributed by atoms with Gasteiger partial charge in [0.1, 0.15) is 0 Å². The van der Waals surface area contributed by atoms with Crippen molar-refractivity contribution in [1.29, 1.82) is 0 Å². The Morgan fingerprint density at radius 3 is 2.72 bits per heavy atom. The molecule has 0 spiro atoms. The second-order valence-electron chi connectivity index (χ2n) is 3.54. The number of sulfonamides is 1. The van der Waals surface area contributed by atoms with Crippen LogP contribution >= 0.6 is 22.9 Å². The first-order valence-electron chi connectivity index (χ1n) is 4.90. The number of nitrogens with two attached hydrogens (primary N) is 1. The molecule has 18 heavy (non-hydrogen) atoms. The van der Waals surface area contributed by atoms with E-state index < -0.39 is 10.0 Å². The quantitative estimate of drug-likeness (QED) is 0.912. The van der Waals surface area contributed by atoms with E-state index in [1.807, 2.05) is 0 Å². The monoisotopic (exact) mass is 303 g/mol. The van der Waals surface area contributed by atoms with Crippen molar-refractivity contribution < 1.29 is 8.42 Å². The van der Waals surface area contributed by atoms with Crippen molar-refractivity contribution in [3.8, 4) is 0 Å². The summed E-state index contributed by atoms with van der Waals surface area (Å²) in [5.74, 6) is 0. The Kier molecular flexibility index (Phi) is 3.47. The summed E-state index contributed by atoms with van der Waals surface area (Å²) in [7, 11) is -3.67. The number of rotatable bonds is 3. The molecule has 0 saturated heterocycles. The van der Waals surface area contributed by atoms with E-state index in [0.29, 0.717) is 16.4 Å². The third kappa shape index (κ3) is 2.74. The van der Waals surface area contributed by atoms with Crippen molar-refractivity contribution >= 4 is 43.8 Å². The first-order chi connectivity index (χ1) is 8.38. The lowest BCUT2D eigenvalue weighted by atomic mass is 10.3. The summed E-state index contributed by atoms with van der Waals surface area (Å²) in [5.41, 5.74) is 6.27. The molecular formula is C10H10ClN3O2S2. The first kappa shape index (κ1) is 13.1. The number of halogens is 1. The Morgan fingerprint density at radius 2 is 2.17 bits per heavy atom. The second-order valence-corrected chi connectivity index (χ2v) is 6.89. The molecule has 0 aliphatic heterocycles. The van der Waals surface area contributed by atoms with Gasteiger partial charge >= 0.3 is 0 Å². The largest absolute Gasteiger partial charge is 0.375 e. The van der Waals surface area contributed by atoms with Crippen LogP contribution < -0.4 is 10.5 Å². The van der Waals surface area contributed by atoms with Gasteiger partial charge in [0, 0.05) is 5.02 Å². The Hall–Kier alpha value is -1.31. The molecular weight excluding hydrogens is 294 g/mol. The maximum atomic E-state index is 12.1. The molecule has 0 saturated carbocycles. The molecule has 1 aromatic heterocycles. The van der Waals surface area contributed by atoms with Gasteiger partial charge in [0.15, 0.2) is 9.34 Å². The van der Waals surface area contributed by atoms with E-state index >= 15 is 0 Å². The number of benzene rings is 1. The minimum absolute atomic E-state index is 0.111. The third-order valence-electron chi connectivity index (χ3n) is 2.09. The van der Waals surface area contributed by atoms with Gasteiger partial charge in [0.05, 0.1) is 11.4 Å². The molecule has 1 heterocycles. The molecule has 0 aliphatic rings. The van der Waals surface area contributed by atoms with E-state index in [9.17, 15) is 8.42 Å². The van der Waals surface area contributed by atoms with Crippen LogP contribution in [0.2, 0.25) is 5.02 Å². The lowest BCUT2D eigenvalue weighted by molar-refractivity contribution is 0.602. The second kappa shape index (κ2) is 4.75. The van der Waals surface area contributed by atoms with Crippen molar-refractivity contribution in [2.24, 2.45) is 0 Å².